The molecule has 1 aromatic heterocycles. The van der Waals surface area contributed by atoms with E-state index >= 15 is 0 Å². The highest BCUT2D eigenvalue weighted by atomic mass is 16.5. The minimum absolute atomic E-state index is 0.00658. The molecule has 0 aliphatic heterocycles. The van der Waals surface area contributed by atoms with Crippen molar-refractivity contribution in [1.29, 1.82) is 0 Å². The molecule has 0 bridgehead atoms. The first-order valence-electron chi connectivity index (χ1n) is 10.2. The molecule has 1 aromatic carbocycles. The third-order valence-corrected chi connectivity index (χ3v) is 5.88. The van der Waals surface area contributed by atoms with Gasteiger partial charge in [-0.2, -0.15) is 0 Å². The summed E-state index contributed by atoms with van der Waals surface area (Å²) in [6, 6.07) is 9.86. The Hall–Kier alpha value is -2.43. The molecular weight excluding hydrogens is 352 g/mol. The lowest BCUT2D eigenvalue weighted by atomic mass is 9.77. The average molecular weight is 383 g/mol. The summed E-state index contributed by atoms with van der Waals surface area (Å²) in [5, 5.41) is 4.10. The van der Waals surface area contributed by atoms with Crippen LogP contribution in [-0.4, -0.2) is 30.0 Å². The number of nitrogens with zero attached hydrogens (tertiary/aromatic N) is 1. The fourth-order valence-corrected chi connectivity index (χ4v) is 4.27. The SMILES string of the molecule is COC(=O)C(NC(=O)CC1CCC(c2ccnc3ccccc23)CC1)C(C)C. The molecule has 1 amide bonds. The van der Waals surface area contributed by atoms with E-state index in [2.05, 4.69) is 34.6 Å². The van der Waals surface area contributed by atoms with Crippen molar-refractivity contribution in [1.82, 2.24) is 10.3 Å². The van der Waals surface area contributed by atoms with Crippen LogP contribution < -0.4 is 5.32 Å². The van der Waals surface area contributed by atoms with Crippen molar-refractivity contribution < 1.29 is 14.3 Å². The topological polar surface area (TPSA) is 68.3 Å². The predicted molar refractivity (Wildman–Crippen MR) is 110 cm³/mol. The molecule has 1 fully saturated rings. The lowest BCUT2D eigenvalue weighted by molar-refractivity contribution is -0.146. The summed E-state index contributed by atoms with van der Waals surface area (Å²) < 4.78 is 4.80. The van der Waals surface area contributed by atoms with Gasteiger partial charge in [-0.25, -0.2) is 4.79 Å². The van der Waals surface area contributed by atoms with Gasteiger partial charge in [-0.1, -0.05) is 32.0 Å². The van der Waals surface area contributed by atoms with Crippen LogP contribution in [0.15, 0.2) is 36.5 Å². The second-order valence-corrected chi connectivity index (χ2v) is 8.15. The molecule has 2 aromatic rings. The molecule has 5 nitrogen and oxygen atoms in total. The molecule has 1 heterocycles. The van der Waals surface area contributed by atoms with E-state index in [-0.39, 0.29) is 17.8 Å². The summed E-state index contributed by atoms with van der Waals surface area (Å²) in [6.45, 7) is 3.82. The van der Waals surface area contributed by atoms with E-state index in [1.807, 2.05) is 26.1 Å². The Morgan fingerprint density at radius 1 is 1.14 bits per heavy atom. The maximum Gasteiger partial charge on any atom is 0.328 e. The Morgan fingerprint density at radius 2 is 1.86 bits per heavy atom. The number of esters is 1. The minimum atomic E-state index is -0.572. The molecule has 150 valence electrons. The zero-order chi connectivity index (χ0) is 20.1. The van der Waals surface area contributed by atoms with Gasteiger partial charge < -0.3 is 10.1 Å². The summed E-state index contributed by atoms with van der Waals surface area (Å²) in [4.78, 5) is 28.8. The number of benzene rings is 1. The van der Waals surface area contributed by atoms with Crippen LogP contribution in [0.2, 0.25) is 0 Å². The van der Waals surface area contributed by atoms with E-state index in [9.17, 15) is 9.59 Å². The summed E-state index contributed by atoms with van der Waals surface area (Å²) in [7, 11) is 1.36. The number of carbonyl (C=O) groups is 2. The van der Waals surface area contributed by atoms with Crippen LogP contribution in [0.3, 0.4) is 0 Å². The Labute approximate surface area is 166 Å². The van der Waals surface area contributed by atoms with Gasteiger partial charge in [0.25, 0.3) is 0 Å². The molecule has 3 rings (SSSR count). The van der Waals surface area contributed by atoms with Crippen LogP contribution in [0.4, 0.5) is 0 Å². The van der Waals surface area contributed by atoms with Gasteiger partial charge in [0, 0.05) is 18.0 Å². The lowest BCUT2D eigenvalue weighted by Crippen LogP contribution is -2.45. The van der Waals surface area contributed by atoms with Crippen molar-refractivity contribution in [3.8, 4) is 0 Å². The van der Waals surface area contributed by atoms with Crippen LogP contribution in [-0.2, 0) is 14.3 Å². The van der Waals surface area contributed by atoms with Crippen molar-refractivity contribution in [2.45, 2.75) is 57.9 Å². The van der Waals surface area contributed by atoms with Crippen molar-refractivity contribution in [2.75, 3.05) is 7.11 Å². The average Bonchev–Trinajstić information content (AvgIpc) is 2.71. The fraction of sp³-hybridized carbons (Fsp3) is 0.522. The van der Waals surface area contributed by atoms with E-state index in [1.54, 1.807) is 0 Å². The van der Waals surface area contributed by atoms with Crippen LogP contribution >= 0.6 is 0 Å². The van der Waals surface area contributed by atoms with Crippen LogP contribution in [0.5, 0.6) is 0 Å². The normalized spacial score (nSPS) is 20.7. The number of methoxy groups -OCH3 is 1. The lowest BCUT2D eigenvalue weighted by Gasteiger charge is -2.29. The number of aromatic nitrogens is 1. The van der Waals surface area contributed by atoms with Gasteiger partial charge in [0.15, 0.2) is 0 Å². The van der Waals surface area contributed by atoms with Gasteiger partial charge in [-0.05, 0) is 61.1 Å². The van der Waals surface area contributed by atoms with E-state index in [0.717, 1.165) is 31.2 Å². The number of hydrogen-bond acceptors (Lipinski definition) is 4. The maximum absolute atomic E-state index is 12.4. The quantitative estimate of drug-likeness (QED) is 0.760. The third-order valence-electron chi connectivity index (χ3n) is 5.88. The van der Waals surface area contributed by atoms with Gasteiger partial charge in [0.2, 0.25) is 5.91 Å². The van der Waals surface area contributed by atoms with Crippen molar-refractivity contribution in [3.63, 3.8) is 0 Å². The van der Waals surface area contributed by atoms with Gasteiger partial charge in [0.1, 0.15) is 6.04 Å². The monoisotopic (exact) mass is 382 g/mol. The molecule has 1 atom stereocenters. The standard InChI is InChI=1S/C23H30N2O3/c1-15(2)22(23(27)28-3)25-21(26)14-16-8-10-17(11-9-16)18-12-13-24-20-7-5-4-6-19(18)20/h4-7,12-13,15-17,22H,8-11,14H2,1-3H3,(H,25,26). The summed E-state index contributed by atoms with van der Waals surface area (Å²) in [5.74, 6) is 0.464. The Kier molecular flexibility index (Phi) is 6.65. The molecule has 0 radical (unpaired) electrons. The smallest absolute Gasteiger partial charge is 0.328 e. The second kappa shape index (κ2) is 9.18. The first kappa shape index (κ1) is 20.3. The number of para-hydroxylation sites is 1. The molecule has 1 saturated carbocycles. The number of fused-ring (bicyclic) bond motifs is 1. The molecule has 1 aliphatic carbocycles. The first-order chi connectivity index (χ1) is 13.5. The van der Waals surface area contributed by atoms with E-state index < -0.39 is 6.04 Å². The highest BCUT2D eigenvalue weighted by Gasteiger charge is 2.28. The Balaban J connectivity index is 1.56. The summed E-state index contributed by atoms with van der Waals surface area (Å²) >= 11 is 0. The molecular formula is C23H30N2O3. The van der Waals surface area contributed by atoms with Crippen molar-refractivity contribution in [3.05, 3.63) is 42.1 Å². The zero-order valence-electron chi connectivity index (χ0n) is 17.0. The first-order valence-corrected chi connectivity index (χ1v) is 10.2. The van der Waals surface area contributed by atoms with E-state index in [0.29, 0.717) is 18.3 Å². The summed E-state index contributed by atoms with van der Waals surface area (Å²) in [6.07, 6.45) is 6.59. The van der Waals surface area contributed by atoms with Crippen molar-refractivity contribution in [2.24, 2.45) is 11.8 Å². The highest BCUT2D eigenvalue weighted by Crippen LogP contribution is 2.39. The van der Waals surface area contributed by atoms with Gasteiger partial charge in [-0.3, -0.25) is 9.78 Å². The number of hydrogen-bond donors (Lipinski definition) is 1. The Morgan fingerprint density at radius 3 is 2.54 bits per heavy atom. The number of nitrogens with one attached hydrogen (secondary N) is 1. The zero-order valence-corrected chi connectivity index (χ0v) is 17.0. The largest absolute Gasteiger partial charge is 0.467 e. The number of pyridine rings is 1. The predicted octanol–water partition coefficient (Wildman–Crippen LogP) is 4.21. The van der Waals surface area contributed by atoms with Gasteiger partial charge in [0.05, 0.1) is 12.6 Å². The fourth-order valence-electron chi connectivity index (χ4n) is 4.27. The van der Waals surface area contributed by atoms with Gasteiger partial charge >= 0.3 is 5.97 Å². The van der Waals surface area contributed by atoms with E-state index in [4.69, 9.17) is 4.74 Å². The van der Waals surface area contributed by atoms with Crippen LogP contribution in [0.1, 0.15) is 57.4 Å². The number of amides is 1. The molecule has 0 saturated heterocycles. The van der Waals surface area contributed by atoms with Crippen molar-refractivity contribution >= 4 is 22.8 Å². The molecule has 1 N–H and O–H groups in total. The molecule has 28 heavy (non-hydrogen) atoms. The van der Waals surface area contributed by atoms with Crippen LogP contribution in [0, 0.1) is 11.8 Å². The number of ether oxygens (including phenoxy) is 1. The Bertz CT molecular complexity index is 820. The highest BCUT2D eigenvalue weighted by molar-refractivity contribution is 5.85. The molecule has 0 spiro atoms. The summed E-state index contributed by atoms with van der Waals surface area (Å²) in [5.41, 5.74) is 2.42. The van der Waals surface area contributed by atoms with Gasteiger partial charge in [-0.15, -0.1) is 0 Å². The molecule has 5 heteroatoms. The molecule has 1 aliphatic rings. The molecule has 1 unspecified atom stereocenters. The van der Waals surface area contributed by atoms with E-state index in [1.165, 1.54) is 18.1 Å². The maximum atomic E-state index is 12.4. The minimum Gasteiger partial charge on any atom is -0.467 e. The van der Waals surface area contributed by atoms with Crippen LogP contribution in [0.25, 0.3) is 10.9 Å². The third kappa shape index (κ3) is 4.70. The second-order valence-electron chi connectivity index (χ2n) is 8.15. The number of rotatable bonds is 6. The number of carbonyl (C=O) groups excluding carboxylic acids is 2.